The first-order valence-electron chi connectivity index (χ1n) is 5.64. The van der Waals surface area contributed by atoms with Gasteiger partial charge in [-0.05, 0) is 12.1 Å². The summed E-state index contributed by atoms with van der Waals surface area (Å²) in [6, 6.07) is 5.26. The average Bonchev–Trinajstić information content (AvgIpc) is 2.47. The normalized spacial score (nSPS) is 11.9. The summed E-state index contributed by atoms with van der Waals surface area (Å²) in [6.45, 7) is 0. The summed E-state index contributed by atoms with van der Waals surface area (Å²) in [6.07, 6.45) is 2.43. The third-order valence-electron chi connectivity index (χ3n) is 2.49. The van der Waals surface area contributed by atoms with Crippen molar-refractivity contribution in [3.63, 3.8) is 0 Å². The molecule has 0 aliphatic rings. The first kappa shape index (κ1) is 15.2. The maximum absolute atomic E-state index is 7.49. The smallest absolute Gasteiger partial charge is 0.165 e. The van der Waals surface area contributed by atoms with Crippen molar-refractivity contribution >= 4 is 23.5 Å². The van der Waals surface area contributed by atoms with Gasteiger partial charge in [-0.25, -0.2) is 4.99 Å². The van der Waals surface area contributed by atoms with Gasteiger partial charge in [-0.2, -0.15) is 0 Å². The van der Waals surface area contributed by atoms with Gasteiger partial charge < -0.3 is 26.4 Å². The Balaban J connectivity index is 3.39. The van der Waals surface area contributed by atoms with E-state index in [4.69, 9.17) is 31.8 Å². The second kappa shape index (κ2) is 6.93. The van der Waals surface area contributed by atoms with Gasteiger partial charge in [-0.3, -0.25) is 5.41 Å². The van der Waals surface area contributed by atoms with Crippen molar-refractivity contribution in [1.29, 1.82) is 10.8 Å². The molecule has 1 aromatic carbocycles. The summed E-state index contributed by atoms with van der Waals surface area (Å²) in [5.74, 6) is 0.613. The van der Waals surface area contributed by atoms with Crippen molar-refractivity contribution in [2.45, 2.75) is 0 Å². The van der Waals surface area contributed by atoms with Gasteiger partial charge in [0.05, 0.1) is 19.8 Å². The van der Waals surface area contributed by atoms with Gasteiger partial charge in [-0.1, -0.05) is 6.07 Å². The molecule has 1 aromatic rings. The average molecular weight is 275 g/mol. The van der Waals surface area contributed by atoms with E-state index in [-0.39, 0.29) is 11.7 Å². The van der Waals surface area contributed by atoms with Crippen LogP contribution < -0.4 is 20.9 Å². The van der Waals surface area contributed by atoms with Crippen molar-refractivity contribution in [1.82, 2.24) is 0 Å². The molecule has 6 N–H and O–H groups in total. The second-order valence-electron chi connectivity index (χ2n) is 3.69. The molecule has 0 bridgehead atoms. The summed E-state index contributed by atoms with van der Waals surface area (Å²) in [5.41, 5.74) is 11.7. The van der Waals surface area contributed by atoms with E-state index < -0.39 is 0 Å². The number of nitrogens with one attached hydrogen (secondary N) is 2. The predicted octanol–water partition coefficient (Wildman–Crippen LogP) is 0.987. The van der Waals surface area contributed by atoms with Crippen LogP contribution in [0.4, 0.5) is 0 Å². The van der Waals surface area contributed by atoms with E-state index in [1.54, 1.807) is 18.2 Å². The van der Waals surface area contributed by atoms with Gasteiger partial charge in [0, 0.05) is 18.0 Å². The van der Waals surface area contributed by atoms with E-state index in [1.807, 2.05) is 0 Å². The SMILES string of the molecule is COc1cccc(OC)c1/C(C=N)=C/N=C(N)C(=N)N. The van der Waals surface area contributed by atoms with Crippen LogP contribution in [0, 0.1) is 10.8 Å². The highest BCUT2D eigenvalue weighted by Gasteiger charge is 2.13. The highest BCUT2D eigenvalue weighted by molar-refractivity contribution is 6.38. The Morgan fingerprint density at radius 1 is 1.20 bits per heavy atom. The number of methoxy groups -OCH3 is 2. The van der Waals surface area contributed by atoms with E-state index in [1.165, 1.54) is 20.4 Å². The first-order valence-corrected chi connectivity index (χ1v) is 5.64. The molecule has 0 aliphatic carbocycles. The van der Waals surface area contributed by atoms with Crippen LogP contribution in [0.1, 0.15) is 5.56 Å². The number of benzene rings is 1. The van der Waals surface area contributed by atoms with Gasteiger partial charge in [0.25, 0.3) is 0 Å². The Morgan fingerprint density at radius 3 is 2.15 bits per heavy atom. The maximum Gasteiger partial charge on any atom is 0.165 e. The molecule has 0 heterocycles. The van der Waals surface area contributed by atoms with E-state index in [9.17, 15) is 0 Å². The fraction of sp³-hybridized carbons (Fsp3) is 0.154. The number of ether oxygens (including phenoxy) is 2. The molecular weight excluding hydrogens is 258 g/mol. The Kier molecular flexibility index (Phi) is 5.28. The van der Waals surface area contributed by atoms with E-state index in [0.29, 0.717) is 22.6 Å². The number of hydrogen-bond donors (Lipinski definition) is 4. The Bertz CT molecular complexity index is 556. The van der Waals surface area contributed by atoms with Gasteiger partial charge in [-0.15, -0.1) is 0 Å². The third kappa shape index (κ3) is 3.35. The molecule has 0 amide bonds. The fourth-order valence-electron chi connectivity index (χ4n) is 1.52. The molecular formula is C13H17N5O2. The molecule has 0 saturated carbocycles. The molecule has 0 saturated heterocycles. The van der Waals surface area contributed by atoms with Crippen molar-refractivity contribution in [2.24, 2.45) is 16.5 Å². The minimum absolute atomic E-state index is 0.127. The highest BCUT2D eigenvalue weighted by atomic mass is 16.5. The predicted molar refractivity (Wildman–Crippen MR) is 79.8 cm³/mol. The summed E-state index contributed by atoms with van der Waals surface area (Å²) >= 11 is 0. The van der Waals surface area contributed by atoms with Crippen LogP contribution in [0.3, 0.4) is 0 Å². The zero-order valence-electron chi connectivity index (χ0n) is 11.3. The van der Waals surface area contributed by atoms with Gasteiger partial charge >= 0.3 is 0 Å². The second-order valence-corrected chi connectivity index (χ2v) is 3.69. The molecule has 0 spiro atoms. The third-order valence-corrected chi connectivity index (χ3v) is 2.49. The molecule has 0 radical (unpaired) electrons. The number of hydrogen-bond acceptors (Lipinski definition) is 5. The van der Waals surface area contributed by atoms with Crippen LogP contribution in [0.25, 0.3) is 5.57 Å². The van der Waals surface area contributed by atoms with Crippen molar-refractivity contribution in [3.8, 4) is 11.5 Å². The summed E-state index contributed by atoms with van der Waals surface area (Å²) in [4.78, 5) is 3.84. The van der Waals surface area contributed by atoms with Crippen LogP contribution in [0.5, 0.6) is 11.5 Å². The van der Waals surface area contributed by atoms with Gasteiger partial charge in [0.15, 0.2) is 11.7 Å². The number of amidine groups is 2. The Morgan fingerprint density at radius 2 is 1.75 bits per heavy atom. The molecule has 20 heavy (non-hydrogen) atoms. The topological polar surface area (TPSA) is 131 Å². The zero-order valence-corrected chi connectivity index (χ0v) is 11.3. The molecule has 0 atom stereocenters. The summed E-state index contributed by atoms with van der Waals surface area (Å²) in [5, 5.41) is 14.6. The Labute approximate surface area is 116 Å². The lowest BCUT2D eigenvalue weighted by Gasteiger charge is -2.12. The molecule has 0 aromatic heterocycles. The quantitative estimate of drug-likeness (QED) is 0.471. The number of rotatable bonds is 5. The van der Waals surface area contributed by atoms with E-state index in [2.05, 4.69) is 4.99 Å². The molecule has 1 rings (SSSR count). The lowest BCUT2D eigenvalue weighted by atomic mass is 10.1. The van der Waals surface area contributed by atoms with Gasteiger partial charge in [0.1, 0.15) is 11.5 Å². The molecule has 106 valence electrons. The van der Waals surface area contributed by atoms with Crippen LogP contribution in [0.2, 0.25) is 0 Å². The van der Waals surface area contributed by atoms with Crippen LogP contribution in [-0.2, 0) is 0 Å². The van der Waals surface area contributed by atoms with Crippen LogP contribution >= 0.6 is 0 Å². The van der Waals surface area contributed by atoms with Crippen molar-refractivity contribution in [2.75, 3.05) is 14.2 Å². The molecule has 0 aliphatic heterocycles. The van der Waals surface area contributed by atoms with Gasteiger partial charge in [0.2, 0.25) is 0 Å². The lowest BCUT2D eigenvalue weighted by molar-refractivity contribution is 0.392. The molecule has 0 fully saturated rings. The Hall–Kier alpha value is -2.83. The molecule has 7 heteroatoms. The summed E-state index contributed by atoms with van der Waals surface area (Å²) < 4.78 is 10.5. The number of allylic oxidation sites excluding steroid dienone is 1. The number of nitrogens with two attached hydrogens (primary N) is 2. The highest BCUT2D eigenvalue weighted by Crippen LogP contribution is 2.33. The monoisotopic (exact) mass is 275 g/mol. The zero-order chi connectivity index (χ0) is 15.1. The fourth-order valence-corrected chi connectivity index (χ4v) is 1.52. The molecule has 7 nitrogen and oxygen atoms in total. The van der Waals surface area contributed by atoms with Crippen LogP contribution in [-0.4, -0.2) is 32.1 Å². The molecule has 0 unspecified atom stereocenters. The van der Waals surface area contributed by atoms with Crippen molar-refractivity contribution in [3.05, 3.63) is 30.0 Å². The number of nitrogens with zero attached hydrogens (tertiary/aromatic N) is 1. The largest absolute Gasteiger partial charge is 0.496 e. The minimum atomic E-state index is -0.336. The summed E-state index contributed by atoms with van der Waals surface area (Å²) in [7, 11) is 3.04. The minimum Gasteiger partial charge on any atom is -0.496 e. The van der Waals surface area contributed by atoms with Crippen LogP contribution in [0.15, 0.2) is 29.4 Å². The number of aliphatic imine (C=N–C) groups is 1. The maximum atomic E-state index is 7.49. The standard InChI is InChI=1S/C13H17N5O2/c1-19-9-4-3-5-10(20-2)11(9)8(6-14)7-18-13(17)12(15)16/h3-7,14H,1-2H3,(H3,15,16)(H2,17,18)/b8-7+,14-6?. The lowest BCUT2D eigenvalue weighted by Crippen LogP contribution is -2.29. The van der Waals surface area contributed by atoms with E-state index >= 15 is 0 Å². The first-order chi connectivity index (χ1) is 9.54. The van der Waals surface area contributed by atoms with Crippen molar-refractivity contribution < 1.29 is 9.47 Å². The van der Waals surface area contributed by atoms with E-state index in [0.717, 1.165) is 6.21 Å².